The molecule has 1 heterocycles. The van der Waals surface area contributed by atoms with Crippen LogP contribution in [0.25, 0.3) is 0 Å². The number of aryl methyl sites for hydroxylation is 2. The van der Waals surface area contributed by atoms with Gasteiger partial charge in [0, 0.05) is 6.42 Å². The van der Waals surface area contributed by atoms with E-state index in [9.17, 15) is 4.79 Å². The molecule has 3 aromatic rings. The lowest BCUT2D eigenvalue weighted by Crippen LogP contribution is -2.16. The zero-order valence-corrected chi connectivity index (χ0v) is 18.3. The van der Waals surface area contributed by atoms with Gasteiger partial charge >= 0.3 is 0 Å². The summed E-state index contributed by atoms with van der Waals surface area (Å²) in [4.78, 5) is 19.8. The van der Waals surface area contributed by atoms with Gasteiger partial charge in [0.2, 0.25) is 0 Å². The smallest absolute Gasteiger partial charge is 0.265 e. The van der Waals surface area contributed by atoms with Crippen LogP contribution in [0.2, 0.25) is 0 Å². The van der Waals surface area contributed by atoms with Gasteiger partial charge in [-0.1, -0.05) is 71.4 Å². The number of hydrogen-bond donors (Lipinski definition) is 1. The molecule has 0 aliphatic rings. The third-order valence-corrected chi connectivity index (χ3v) is 5.82. The molecule has 0 spiro atoms. The van der Waals surface area contributed by atoms with Gasteiger partial charge in [-0.15, -0.1) is 0 Å². The Morgan fingerprint density at radius 2 is 1.78 bits per heavy atom. The summed E-state index contributed by atoms with van der Waals surface area (Å²) in [6.45, 7) is 4.70. The lowest BCUT2D eigenvalue weighted by Gasteiger charge is -2.09. The van der Waals surface area contributed by atoms with E-state index in [0.29, 0.717) is 27.7 Å². The molecule has 27 heavy (non-hydrogen) atoms. The van der Waals surface area contributed by atoms with Crippen LogP contribution in [-0.2, 0) is 17.8 Å². The first-order chi connectivity index (χ1) is 13.0. The quantitative estimate of drug-likeness (QED) is 0.169. The summed E-state index contributed by atoms with van der Waals surface area (Å²) in [5.74, 6) is 0.432. The van der Waals surface area contributed by atoms with Gasteiger partial charge in [-0.3, -0.25) is 4.79 Å². The van der Waals surface area contributed by atoms with Crippen LogP contribution in [0.3, 0.4) is 0 Å². The van der Waals surface area contributed by atoms with Crippen LogP contribution in [0.5, 0.6) is 0 Å². The molecule has 3 rings (SSSR count). The Balaban J connectivity index is 1.67. The average Bonchev–Trinajstić information content (AvgIpc) is 2.63. The van der Waals surface area contributed by atoms with Gasteiger partial charge in [-0.25, -0.2) is 4.98 Å². The minimum Gasteiger partial charge on any atom is -0.366 e. The number of nitrogens with one attached hydrogen (secondary N) is 1. The van der Waals surface area contributed by atoms with Crippen molar-refractivity contribution in [2.45, 2.75) is 32.0 Å². The van der Waals surface area contributed by atoms with Crippen molar-refractivity contribution >= 4 is 34.4 Å². The Morgan fingerprint density at radius 3 is 2.48 bits per heavy atom. The summed E-state index contributed by atoms with van der Waals surface area (Å²) in [7, 11) is 0. The van der Waals surface area contributed by atoms with E-state index in [0.717, 1.165) is 11.3 Å². The predicted molar refractivity (Wildman–Crippen MR) is 118 cm³/mol. The van der Waals surface area contributed by atoms with E-state index < -0.39 is 0 Å². The normalized spacial score (nSPS) is 10.9. The van der Waals surface area contributed by atoms with Gasteiger partial charge < -0.3 is 9.72 Å². The number of thioether (sulfide) groups is 1. The molecule has 1 N–H and O–H groups in total. The summed E-state index contributed by atoms with van der Waals surface area (Å²) in [5.41, 5.74) is 5.42. The van der Waals surface area contributed by atoms with E-state index in [1.54, 1.807) is 0 Å². The third kappa shape index (κ3) is 5.92. The van der Waals surface area contributed by atoms with Crippen LogP contribution in [0.1, 0.15) is 27.9 Å². The molecule has 0 aliphatic heterocycles. The fourth-order valence-electron chi connectivity index (χ4n) is 2.86. The van der Waals surface area contributed by atoms with Crippen molar-refractivity contribution in [3.8, 4) is 0 Å². The van der Waals surface area contributed by atoms with Crippen LogP contribution in [-0.4, -0.2) is 15.9 Å². The van der Waals surface area contributed by atoms with Crippen molar-refractivity contribution in [3.05, 3.63) is 90.4 Å². The van der Waals surface area contributed by atoms with Gasteiger partial charge in [0.05, 0.1) is 12.3 Å². The van der Waals surface area contributed by atoms with Gasteiger partial charge in [0.1, 0.15) is 9.51 Å². The molecule has 1 aromatic heterocycles. The Hall–Kier alpha value is -1.64. The second kappa shape index (κ2) is 9.52. The zero-order chi connectivity index (χ0) is 19.2. The first-order valence-corrected chi connectivity index (χ1v) is 10.7. The average molecular weight is 492 g/mol. The molecule has 0 aliphatic carbocycles. The monoisotopic (exact) mass is 492 g/mol. The van der Waals surface area contributed by atoms with E-state index in [2.05, 4.69) is 64.6 Å². The van der Waals surface area contributed by atoms with Crippen LogP contribution in [0.4, 0.5) is 0 Å². The second-order valence-electron chi connectivity index (χ2n) is 6.40. The Morgan fingerprint density at radius 1 is 1.07 bits per heavy atom. The number of H-pyrrole nitrogens is 1. The van der Waals surface area contributed by atoms with E-state index in [4.69, 9.17) is 4.74 Å². The van der Waals surface area contributed by atoms with Gasteiger partial charge in [-0.2, -0.15) is 0 Å². The molecular weight excluding hydrogens is 471 g/mol. The number of ether oxygens (including phenoxy) is 1. The Labute approximate surface area is 176 Å². The van der Waals surface area contributed by atoms with Gasteiger partial charge in [-0.05, 0) is 47.6 Å². The van der Waals surface area contributed by atoms with Crippen LogP contribution in [0.15, 0.2) is 58.5 Å². The number of halogens is 1. The highest BCUT2D eigenvalue weighted by Crippen LogP contribution is 2.18. The first-order valence-electron chi connectivity index (χ1n) is 8.61. The minimum absolute atomic E-state index is 0.101. The Bertz CT molecular complexity index is 953. The molecule has 2 aromatic carbocycles. The minimum atomic E-state index is -0.101. The predicted octanol–water partition coefficient (Wildman–Crippen LogP) is 4.85. The molecule has 6 heteroatoms. The molecule has 4 nitrogen and oxygen atoms in total. The topological polar surface area (TPSA) is 55.0 Å². The largest absolute Gasteiger partial charge is 0.366 e. The maximum Gasteiger partial charge on any atom is 0.265 e. The summed E-state index contributed by atoms with van der Waals surface area (Å²) < 4.78 is 6.32. The maximum atomic E-state index is 12.3. The highest BCUT2D eigenvalue weighted by Gasteiger charge is 2.11. The summed E-state index contributed by atoms with van der Waals surface area (Å²) in [5, 5.41) is 0.591. The van der Waals surface area contributed by atoms with Crippen molar-refractivity contribution in [1.29, 1.82) is 0 Å². The fraction of sp³-hybridized carbons (Fsp3) is 0.238. The number of nitrogens with zero attached hydrogens (tertiary/aromatic N) is 1. The molecule has 140 valence electrons. The summed E-state index contributed by atoms with van der Waals surface area (Å²) in [6.07, 6.45) is 0.642. The number of hydrogen-bond acceptors (Lipinski definition) is 4. The highest BCUT2D eigenvalue weighted by atomic mass is 127. The molecule has 0 bridgehead atoms. The third-order valence-electron chi connectivity index (χ3n) is 3.95. The first kappa shape index (κ1) is 20.1. The van der Waals surface area contributed by atoms with Gasteiger partial charge in [0.25, 0.3) is 5.56 Å². The molecule has 0 unspecified atom stereocenters. The van der Waals surface area contributed by atoms with Crippen molar-refractivity contribution in [1.82, 2.24) is 9.97 Å². The Kier molecular flexibility index (Phi) is 7.09. The molecule has 0 saturated heterocycles. The SMILES string of the molecule is Cc1cc(C)cc(Cc2nc(SCOCc3ccccc3)[nH]c(=O)c2I)c1. The summed E-state index contributed by atoms with van der Waals surface area (Å²) in [6, 6.07) is 16.4. The standard InChI is InChI=1S/C21H21IN2O2S/c1-14-8-15(2)10-17(9-14)11-18-19(22)20(25)24-21(23-18)27-13-26-12-16-6-4-3-5-7-16/h3-10H,11-13H2,1-2H3,(H,23,24,25). The number of aromatic nitrogens is 2. The van der Waals surface area contributed by atoms with Crippen molar-refractivity contribution < 1.29 is 4.74 Å². The highest BCUT2D eigenvalue weighted by molar-refractivity contribution is 14.1. The molecule has 0 radical (unpaired) electrons. The van der Waals surface area contributed by atoms with Crippen molar-refractivity contribution in [2.75, 3.05) is 5.94 Å². The number of rotatable bonds is 7. The molecular formula is C21H21IN2O2S. The fourth-order valence-corrected chi connectivity index (χ4v) is 3.93. The lowest BCUT2D eigenvalue weighted by molar-refractivity contribution is 0.169. The second-order valence-corrected chi connectivity index (χ2v) is 8.39. The van der Waals surface area contributed by atoms with Crippen LogP contribution < -0.4 is 5.56 Å². The zero-order valence-electron chi connectivity index (χ0n) is 15.3. The van der Waals surface area contributed by atoms with Crippen molar-refractivity contribution in [2.24, 2.45) is 0 Å². The maximum absolute atomic E-state index is 12.3. The number of benzene rings is 2. The van der Waals surface area contributed by atoms with E-state index in [1.807, 2.05) is 30.3 Å². The molecule has 0 amide bonds. The molecule has 0 saturated carbocycles. The van der Waals surface area contributed by atoms with E-state index >= 15 is 0 Å². The van der Waals surface area contributed by atoms with E-state index in [1.165, 1.54) is 28.5 Å². The molecule has 0 atom stereocenters. The lowest BCUT2D eigenvalue weighted by atomic mass is 10.0. The summed E-state index contributed by atoms with van der Waals surface area (Å²) >= 11 is 3.47. The van der Waals surface area contributed by atoms with Crippen LogP contribution >= 0.6 is 34.4 Å². The van der Waals surface area contributed by atoms with Crippen molar-refractivity contribution in [3.63, 3.8) is 0 Å². The van der Waals surface area contributed by atoms with Crippen LogP contribution in [0, 0.1) is 17.4 Å². The van der Waals surface area contributed by atoms with E-state index in [-0.39, 0.29) is 5.56 Å². The van der Waals surface area contributed by atoms with Gasteiger partial charge in [0.15, 0.2) is 5.16 Å². The molecule has 0 fully saturated rings. The number of aromatic amines is 1.